The minimum atomic E-state index is 0.632. The molecule has 0 aliphatic carbocycles. The maximum atomic E-state index is 5.39. The van der Waals surface area contributed by atoms with E-state index in [9.17, 15) is 0 Å². The number of hydrogen-bond donors (Lipinski definition) is 0. The van der Waals surface area contributed by atoms with Crippen molar-refractivity contribution in [2.24, 2.45) is 0 Å². The van der Waals surface area contributed by atoms with Crippen LogP contribution in [0.3, 0.4) is 0 Å². The zero-order valence-electron chi connectivity index (χ0n) is 31.2. The van der Waals surface area contributed by atoms with E-state index in [0.717, 1.165) is 55.3 Å². The number of hydrogen-bond acceptors (Lipinski definition) is 4. The van der Waals surface area contributed by atoms with Gasteiger partial charge in [-0.25, -0.2) is 15.0 Å². The predicted molar refractivity (Wildman–Crippen MR) is 244 cm³/mol. The quantitative estimate of drug-likeness (QED) is 0.176. The second-order valence-corrected chi connectivity index (χ2v) is 15.9. The Hall–Kier alpha value is -7.47. The summed E-state index contributed by atoms with van der Waals surface area (Å²) in [6, 6.07) is 69.2. The molecular weight excluding hydrogens is 725 g/mol. The van der Waals surface area contributed by atoms with Crippen molar-refractivity contribution in [2.45, 2.75) is 0 Å². The summed E-state index contributed by atoms with van der Waals surface area (Å²) in [5.41, 5.74) is 8.49. The lowest BCUT2D eigenvalue weighted by Gasteiger charge is -2.14. The third-order valence-electron chi connectivity index (χ3n) is 11.4. The summed E-state index contributed by atoms with van der Waals surface area (Å²) in [6.45, 7) is 0. The smallest absolute Gasteiger partial charge is 0.164 e. The number of nitrogens with zero attached hydrogens (tertiary/aromatic N) is 4. The minimum absolute atomic E-state index is 0.632. The molecule has 9 aromatic carbocycles. The van der Waals surface area contributed by atoms with Gasteiger partial charge in [-0.1, -0.05) is 146 Å². The first-order valence-corrected chi connectivity index (χ1v) is 20.3. The molecule has 0 radical (unpaired) electrons. The molecule has 0 N–H and O–H groups in total. The van der Waals surface area contributed by atoms with Crippen molar-refractivity contribution in [3.05, 3.63) is 194 Å². The van der Waals surface area contributed by atoms with Crippen LogP contribution in [0.15, 0.2) is 194 Å². The average Bonchev–Trinajstić information content (AvgIpc) is 3.83. The summed E-state index contributed by atoms with van der Waals surface area (Å²) < 4.78 is 4.82. The molecule has 0 bridgehead atoms. The molecule has 0 saturated carbocycles. The van der Waals surface area contributed by atoms with Gasteiger partial charge in [0.05, 0.1) is 11.0 Å². The van der Waals surface area contributed by atoms with Crippen molar-refractivity contribution < 1.29 is 0 Å². The SMILES string of the molecule is c1ccc(-c2cccc(-c3nc(-c4ccc5ccccc5c4)nc(-c4cc(-n5c6ccccc6c6cc7ccccc7cc65)cc5sc6ccccc6c45)n3)c2)cc1. The van der Waals surface area contributed by atoms with Crippen molar-refractivity contribution in [3.63, 3.8) is 0 Å². The van der Waals surface area contributed by atoms with Crippen LogP contribution in [-0.2, 0) is 0 Å². The molecule has 12 rings (SSSR count). The van der Waals surface area contributed by atoms with Gasteiger partial charge in [-0.2, -0.15) is 0 Å². The number of aromatic nitrogens is 4. The third-order valence-corrected chi connectivity index (χ3v) is 12.5. The van der Waals surface area contributed by atoms with Gasteiger partial charge in [0.25, 0.3) is 0 Å². The number of thiophene rings is 1. The van der Waals surface area contributed by atoms with Crippen molar-refractivity contribution >= 4 is 74.9 Å². The Balaban J connectivity index is 1.16. The molecule has 4 nitrogen and oxygen atoms in total. The van der Waals surface area contributed by atoms with E-state index in [-0.39, 0.29) is 0 Å². The Labute approximate surface area is 338 Å². The van der Waals surface area contributed by atoms with Crippen LogP contribution in [0.2, 0.25) is 0 Å². The van der Waals surface area contributed by atoms with Crippen molar-refractivity contribution in [1.29, 1.82) is 0 Å². The van der Waals surface area contributed by atoms with Crippen LogP contribution in [-0.4, -0.2) is 19.5 Å². The minimum Gasteiger partial charge on any atom is -0.309 e. The second-order valence-electron chi connectivity index (χ2n) is 14.8. The Morgan fingerprint density at radius 3 is 1.79 bits per heavy atom. The van der Waals surface area contributed by atoms with E-state index in [1.165, 1.54) is 41.7 Å². The Bertz CT molecular complexity index is 3580. The molecule has 270 valence electrons. The fourth-order valence-electron chi connectivity index (χ4n) is 8.63. The normalized spacial score (nSPS) is 11.8. The number of rotatable bonds is 5. The van der Waals surface area contributed by atoms with E-state index >= 15 is 0 Å². The van der Waals surface area contributed by atoms with Gasteiger partial charge >= 0.3 is 0 Å². The second kappa shape index (κ2) is 13.1. The van der Waals surface area contributed by atoms with Crippen molar-refractivity contribution in [3.8, 4) is 51.0 Å². The highest BCUT2D eigenvalue weighted by atomic mass is 32.1. The van der Waals surface area contributed by atoms with Gasteiger partial charge < -0.3 is 4.57 Å². The fraction of sp³-hybridized carbons (Fsp3) is 0. The van der Waals surface area contributed by atoms with Gasteiger partial charge in [0.15, 0.2) is 17.5 Å². The summed E-state index contributed by atoms with van der Waals surface area (Å²) in [6.07, 6.45) is 0. The van der Waals surface area contributed by atoms with Crippen LogP contribution in [0.4, 0.5) is 0 Å². The molecule has 0 fully saturated rings. The van der Waals surface area contributed by atoms with Gasteiger partial charge in [0.1, 0.15) is 0 Å². The largest absolute Gasteiger partial charge is 0.309 e. The van der Waals surface area contributed by atoms with Crippen LogP contribution >= 0.6 is 11.3 Å². The lowest BCUT2D eigenvalue weighted by atomic mass is 10.0. The lowest BCUT2D eigenvalue weighted by molar-refractivity contribution is 1.07. The van der Waals surface area contributed by atoms with E-state index < -0.39 is 0 Å². The standard InChI is InChI=1S/C53H32N4S/c1-2-13-33(14-3-1)36-19-12-20-39(27-36)51-54-52(40-26-25-34-15-4-5-16-35(34)28-40)56-53(55-51)45-31-41(32-49-50(45)43-22-9-11-24-48(43)58-49)57-46-23-10-8-21-42(46)44-29-37-17-6-7-18-38(37)30-47(44)57/h1-32H. The van der Waals surface area contributed by atoms with E-state index in [1.807, 2.05) is 17.4 Å². The van der Waals surface area contributed by atoms with Crippen molar-refractivity contribution in [1.82, 2.24) is 19.5 Å². The molecule has 58 heavy (non-hydrogen) atoms. The van der Waals surface area contributed by atoms with Crippen LogP contribution in [0.1, 0.15) is 0 Å². The Kier molecular flexibility index (Phi) is 7.37. The van der Waals surface area contributed by atoms with Crippen LogP contribution in [0.5, 0.6) is 0 Å². The summed E-state index contributed by atoms with van der Waals surface area (Å²) in [7, 11) is 0. The van der Waals surface area contributed by atoms with E-state index in [2.05, 4.69) is 193 Å². The molecule has 3 aromatic heterocycles. The molecule has 0 amide bonds. The van der Waals surface area contributed by atoms with E-state index in [0.29, 0.717) is 17.5 Å². The average molecular weight is 757 g/mol. The topological polar surface area (TPSA) is 43.6 Å². The van der Waals surface area contributed by atoms with Gasteiger partial charge in [-0.15, -0.1) is 11.3 Å². The monoisotopic (exact) mass is 756 g/mol. The zero-order chi connectivity index (χ0) is 38.2. The number of para-hydroxylation sites is 1. The maximum Gasteiger partial charge on any atom is 0.164 e. The predicted octanol–water partition coefficient (Wildman–Crippen LogP) is 14.3. The van der Waals surface area contributed by atoms with Crippen LogP contribution < -0.4 is 0 Å². The Morgan fingerprint density at radius 1 is 0.345 bits per heavy atom. The molecule has 12 aromatic rings. The molecule has 5 heteroatoms. The molecule has 3 heterocycles. The first-order chi connectivity index (χ1) is 28.7. The lowest BCUT2D eigenvalue weighted by Crippen LogP contribution is -2.02. The van der Waals surface area contributed by atoms with Crippen molar-refractivity contribution in [2.75, 3.05) is 0 Å². The Morgan fingerprint density at radius 2 is 0.966 bits per heavy atom. The summed E-state index contributed by atoms with van der Waals surface area (Å²) in [5.74, 6) is 1.91. The molecule has 0 atom stereocenters. The molecule has 0 unspecified atom stereocenters. The number of benzene rings is 9. The summed E-state index contributed by atoms with van der Waals surface area (Å²) in [4.78, 5) is 16.0. The van der Waals surface area contributed by atoms with Crippen LogP contribution in [0.25, 0.3) is 115 Å². The summed E-state index contributed by atoms with van der Waals surface area (Å²) in [5, 5.41) is 9.55. The molecular formula is C53H32N4S. The molecule has 0 spiro atoms. The highest BCUT2D eigenvalue weighted by molar-refractivity contribution is 7.26. The van der Waals surface area contributed by atoms with Crippen LogP contribution in [0, 0.1) is 0 Å². The van der Waals surface area contributed by atoms with Gasteiger partial charge in [-0.05, 0) is 81.2 Å². The molecule has 0 aliphatic heterocycles. The fourth-order valence-corrected chi connectivity index (χ4v) is 9.80. The molecule has 0 saturated heterocycles. The maximum absolute atomic E-state index is 5.39. The molecule has 0 aliphatic rings. The van der Waals surface area contributed by atoms with E-state index in [4.69, 9.17) is 15.0 Å². The zero-order valence-corrected chi connectivity index (χ0v) is 32.0. The summed E-state index contributed by atoms with van der Waals surface area (Å²) >= 11 is 1.81. The highest BCUT2D eigenvalue weighted by Crippen LogP contribution is 2.43. The first-order valence-electron chi connectivity index (χ1n) is 19.5. The highest BCUT2D eigenvalue weighted by Gasteiger charge is 2.21. The first kappa shape index (κ1) is 32.7. The van der Waals surface area contributed by atoms with Gasteiger partial charge in [0, 0.05) is 53.3 Å². The number of fused-ring (bicyclic) bond motifs is 8. The van der Waals surface area contributed by atoms with Gasteiger partial charge in [-0.3, -0.25) is 0 Å². The van der Waals surface area contributed by atoms with Gasteiger partial charge in [0.2, 0.25) is 0 Å². The van der Waals surface area contributed by atoms with E-state index in [1.54, 1.807) is 0 Å². The third kappa shape index (κ3) is 5.32.